The van der Waals surface area contributed by atoms with Crippen LogP contribution < -0.4 is 0 Å². The standard InChI is InChI=1S/C7H13ClN4O/c1-3-13-5-4-12-7(6(2)8)9-10-11-12/h6H,3-5H2,1-2H3. The maximum Gasteiger partial charge on any atom is 0.168 e. The molecule has 1 aromatic rings. The molecule has 0 fully saturated rings. The Morgan fingerprint density at radius 2 is 2.38 bits per heavy atom. The van der Waals surface area contributed by atoms with Crippen molar-refractivity contribution in [1.29, 1.82) is 0 Å². The minimum atomic E-state index is -0.170. The molecule has 0 saturated carbocycles. The molecule has 0 N–H and O–H groups in total. The van der Waals surface area contributed by atoms with Gasteiger partial charge in [-0.2, -0.15) is 0 Å². The predicted octanol–water partition coefficient (Wildman–Crippen LogP) is 1.01. The number of hydrogen-bond acceptors (Lipinski definition) is 4. The molecule has 0 amide bonds. The van der Waals surface area contributed by atoms with Gasteiger partial charge < -0.3 is 4.74 Å². The minimum absolute atomic E-state index is 0.170. The average Bonchev–Trinajstić information content (AvgIpc) is 2.53. The lowest BCUT2D eigenvalue weighted by molar-refractivity contribution is 0.135. The van der Waals surface area contributed by atoms with Gasteiger partial charge >= 0.3 is 0 Å². The van der Waals surface area contributed by atoms with E-state index in [0.717, 1.165) is 0 Å². The van der Waals surface area contributed by atoms with Gasteiger partial charge in [-0.15, -0.1) is 16.7 Å². The summed E-state index contributed by atoms with van der Waals surface area (Å²) < 4.78 is 6.84. The Balaban J connectivity index is 2.50. The van der Waals surface area contributed by atoms with Crippen molar-refractivity contribution in [2.45, 2.75) is 25.8 Å². The van der Waals surface area contributed by atoms with Crippen molar-refractivity contribution < 1.29 is 4.74 Å². The van der Waals surface area contributed by atoms with Crippen molar-refractivity contribution in [2.24, 2.45) is 0 Å². The van der Waals surface area contributed by atoms with Gasteiger partial charge in [0, 0.05) is 6.61 Å². The molecule has 13 heavy (non-hydrogen) atoms. The number of rotatable bonds is 5. The third kappa shape index (κ3) is 2.93. The van der Waals surface area contributed by atoms with Crippen LogP contribution in [0.4, 0.5) is 0 Å². The number of hydrogen-bond donors (Lipinski definition) is 0. The van der Waals surface area contributed by atoms with Crippen LogP contribution in [0.25, 0.3) is 0 Å². The summed E-state index contributed by atoms with van der Waals surface area (Å²) in [4.78, 5) is 0. The predicted molar refractivity (Wildman–Crippen MR) is 48.6 cm³/mol. The Hall–Kier alpha value is -0.680. The van der Waals surface area contributed by atoms with E-state index in [1.165, 1.54) is 0 Å². The van der Waals surface area contributed by atoms with Crippen LogP contribution in [0.2, 0.25) is 0 Å². The fraction of sp³-hybridized carbons (Fsp3) is 0.857. The lowest BCUT2D eigenvalue weighted by Gasteiger charge is -2.04. The molecule has 1 unspecified atom stereocenters. The summed E-state index contributed by atoms with van der Waals surface area (Å²) >= 11 is 5.86. The molecule has 5 nitrogen and oxygen atoms in total. The van der Waals surface area contributed by atoms with E-state index in [4.69, 9.17) is 16.3 Å². The molecule has 0 bridgehead atoms. The Morgan fingerprint density at radius 1 is 1.62 bits per heavy atom. The third-order valence-corrected chi connectivity index (χ3v) is 1.76. The molecule has 0 radical (unpaired) electrons. The largest absolute Gasteiger partial charge is 0.380 e. The van der Waals surface area contributed by atoms with Gasteiger partial charge in [0.15, 0.2) is 5.82 Å². The highest BCUT2D eigenvalue weighted by Gasteiger charge is 2.10. The zero-order valence-corrected chi connectivity index (χ0v) is 8.53. The van der Waals surface area contributed by atoms with Crippen LogP contribution in [-0.2, 0) is 11.3 Å². The highest BCUT2D eigenvalue weighted by atomic mass is 35.5. The van der Waals surface area contributed by atoms with Gasteiger partial charge in [-0.05, 0) is 24.3 Å². The zero-order chi connectivity index (χ0) is 9.68. The van der Waals surface area contributed by atoms with Crippen molar-refractivity contribution >= 4 is 11.6 Å². The average molecular weight is 205 g/mol. The molecule has 0 aliphatic heterocycles. The minimum Gasteiger partial charge on any atom is -0.380 e. The summed E-state index contributed by atoms with van der Waals surface area (Å²) in [5.41, 5.74) is 0. The maximum absolute atomic E-state index is 5.86. The normalized spacial score (nSPS) is 13.2. The van der Waals surface area contributed by atoms with Crippen LogP contribution in [0, 0.1) is 0 Å². The van der Waals surface area contributed by atoms with Gasteiger partial charge in [0.05, 0.1) is 18.5 Å². The van der Waals surface area contributed by atoms with Gasteiger partial charge in [-0.25, -0.2) is 4.68 Å². The Kier molecular flexibility index (Phi) is 4.11. The molecule has 74 valence electrons. The van der Waals surface area contributed by atoms with E-state index in [9.17, 15) is 0 Å². The zero-order valence-electron chi connectivity index (χ0n) is 7.77. The molecule has 0 saturated heterocycles. The summed E-state index contributed by atoms with van der Waals surface area (Å²) in [6, 6.07) is 0. The van der Waals surface area contributed by atoms with E-state index in [1.807, 2.05) is 13.8 Å². The van der Waals surface area contributed by atoms with Crippen LogP contribution in [0.15, 0.2) is 0 Å². The first-order chi connectivity index (χ1) is 6.25. The summed E-state index contributed by atoms with van der Waals surface area (Å²) in [6.07, 6.45) is 0. The van der Waals surface area contributed by atoms with Gasteiger partial charge in [-0.1, -0.05) is 0 Å². The molecular formula is C7H13ClN4O. The summed E-state index contributed by atoms with van der Waals surface area (Å²) in [5, 5.41) is 11.0. The van der Waals surface area contributed by atoms with Crippen LogP contribution in [-0.4, -0.2) is 33.4 Å². The van der Waals surface area contributed by atoms with Crippen LogP contribution >= 0.6 is 11.6 Å². The van der Waals surface area contributed by atoms with Crippen molar-refractivity contribution in [3.63, 3.8) is 0 Å². The second kappa shape index (κ2) is 5.14. The maximum atomic E-state index is 5.86. The SMILES string of the molecule is CCOCCn1nnnc1C(C)Cl. The van der Waals surface area contributed by atoms with Crippen molar-refractivity contribution in [2.75, 3.05) is 13.2 Å². The lowest BCUT2D eigenvalue weighted by atomic mass is 10.4. The van der Waals surface area contributed by atoms with E-state index in [2.05, 4.69) is 15.5 Å². The number of halogens is 1. The van der Waals surface area contributed by atoms with Crippen LogP contribution in [0.3, 0.4) is 0 Å². The van der Waals surface area contributed by atoms with Gasteiger partial charge in [0.25, 0.3) is 0 Å². The van der Waals surface area contributed by atoms with Gasteiger partial charge in [0.1, 0.15) is 0 Å². The van der Waals surface area contributed by atoms with Gasteiger partial charge in [0.2, 0.25) is 0 Å². The first-order valence-corrected chi connectivity index (χ1v) is 4.67. The number of tetrazole rings is 1. The fourth-order valence-electron chi connectivity index (χ4n) is 0.951. The molecular weight excluding hydrogens is 192 g/mol. The smallest absolute Gasteiger partial charge is 0.168 e. The third-order valence-electron chi connectivity index (χ3n) is 1.57. The van der Waals surface area contributed by atoms with E-state index in [-0.39, 0.29) is 5.38 Å². The highest BCUT2D eigenvalue weighted by molar-refractivity contribution is 6.20. The molecule has 1 atom stereocenters. The van der Waals surface area contributed by atoms with E-state index in [0.29, 0.717) is 25.6 Å². The molecule has 0 aliphatic carbocycles. The second-order valence-electron chi connectivity index (χ2n) is 2.57. The summed E-state index contributed by atoms with van der Waals surface area (Å²) in [7, 11) is 0. The van der Waals surface area contributed by atoms with E-state index >= 15 is 0 Å². The monoisotopic (exact) mass is 204 g/mol. The molecule has 0 aromatic carbocycles. The van der Waals surface area contributed by atoms with Crippen molar-refractivity contribution in [1.82, 2.24) is 20.2 Å². The quantitative estimate of drug-likeness (QED) is 0.531. The number of aromatic nitrogens is 4. The Labute approximate surface area is 82.0 Å². The van der Waals surface area contributed by atoms with Crippen LogP contribution in [0.5, 0.6) is 0 Å². The molecule has 1 rings (SSSR count). The van der Waals surface area contributed by atoms with E-state index < -0.39 is 0 Å². The fourth-order valence-corrected chi connectivity index (χ4v) is 1.11. The first-order valence-electron chi connectivity index (χ1n) is 4.23. The molecule has 0 aliphatic rings. The summed E-state index contributed by atoms with van der Waals surface area (Å²) in [6.45, 7) is 5.74. The van der Waals surface area contributed by atoms with Crippen molar-refractivity contribution in [3.8, 4) is 0 Å². The number of nitrogens with zero attached hydrogens (tertiary/aromatic N) is 4. The molecule has 6 heteroatoms. The van der Waals surface area contributed by atoms with Crippen molar-refractivity contribution in [3.05, 3.63) is 5.82 Å². The lowest BCUT2D eigenvalue weighted by Crippen LogP contribution is -2.11. The topological polar surface area (TPSA) is 52.8 Å². The first kappa shape index (κ1) is 10.4. The molecule has 1 heterocycles. The Bertz CT molecular complexity index is 250. The van der Waals surface area contributed by atoms with Crippen LogP contribution in [0.1, 0.15) is 25.0 Å². The Morgan fingerprint density at radius 3 is 3.00 bits per heavy atom. The molecule has 0 spiro atoms. The second-order valence-corrected chi connectivity index (χ2v) is 3.23. The molecule has 1 aromatic heterocycles. The summed E-state index contributed by atoms with van der Waals surface area (Å²) in [5.74, 6) is 0.682. The number of ether oxygens (including phenoxy) is 1. The number of alkyl halides is 1. The van der Waals surface area contributed by atoms with E-state index in [1.54, 1.807) is 4.68 Å². The van der Waals surface area contributed by atoms with Gasteiger partial charge in [-0.3, -0.25) is 0 Å². The highest BCUT2D eigenvalue weighted by Crippen LogP contribution is 2.14.